The first-order chi connectivity index (χ1) is 11.8. The number of anilines is 1. The van der Waals surface area contributed by atoms with Crippen LogP contribution in [0.2, 0.25) is 0 Å². The number of aromatic nitrogens is 1. The lowest BCUT2D eigenvalue weighted by atomic mass is 9.98. The van der Waals surface area contributed by atoms with Crippen LogP contribution in [0.4, 0.5) is 23.8 Å². The standard InChI is InChI=1S/C15H19F3N4O3/c16-15(17,18)11-1-4-20-13(7-11)22-5-2-10(3-6-22)9-25-14(24)21-8-12(19)23/h1,4,7,10H,2-3,5-6,8-9H2,(H2,19,23)(H,21,24). The summed E-state index contributed by atoms with van der Waals surface area (Å²) in [6.45, 7) is 0.920. The number of ether oxygens (including phenoxy) is 1. The Balaban J connectivity index is 1.80. The highest BCUT2D eigenvalue weighted by Crippen LogP contribution is 2.31. The third kappa shape index (κ3) is 5.80. The quantitative estimate of drug-likeness (QED) is 0.830. The van der Waals surface area contributed by atoms with E-state index in [2.05, 4.69) is 10.3 Å². The van der Waals surface area contributed by atoms with Crippen LogP contribution < -0.4 is 16.0 Å². The average molecular weight is 360 g/mol. The van der Waals surface area contributed by atoms with Gasteiger partial charge in [-0.05, 0) is 30.9 Å². The molecule has 10 heteroatoms. The molecule has 1 fully saturated rings. The Morgan fingerprint density at radius 1 is 1.36 bits per heavy atom. The van der Waals surface area contributed by atoms with Gasteiger partial charge in [-0.15, -0.1) is 0 Å². The zero-order valence-corrected chi connectivity index (χ0v) is 13.4. The highest BCUT2D eigenvalue weighted by molar-refractivity contribution is 5.80. The average Bonchev–Trinajstić information content (AvgIpc) is 2.58. The number of nitrogens with one attached hydrogen (secondary N) is 1. The molecule has 0 unspecified atom stereocenters. The summed E-state index contributed by atoms with van der Waals surface area (Å²) >= 11 is 0. The van der Waals surface area contributed by atoms with E-state index in [4.69, 9.17) is 10.5 Å². The third-order valence-electron chi connectivity index (χ3n) is 3.87. The van der Waals surface area contributed by atoms with E-state index < -0.39 is 23.7 Å². The molecule has 25 heavy (non-hydrogen) atoms. The number of hydrogen-bond acceptors (Lipinski definition) is 5. The number of halogens is 3. The van der Waals surface area contributed by atoms with Gasteiger partial charge in [-0.25, -0.2) is 9.78 Å². The zero-order valence-electron chi connectivity index (χ0n) is 13.4. The fraction of sp³-hybridized carbons (Fsp3) is 0.533. The molecule has 0 radical (unpaired) electrons. The lowest BCUT2D eigenvalue weighted by molar-refractivity contribution is -0.137. The number of primary amides is 1. The second-order valence-corrected chi connectivity index (χ2v) is 5.75. The van der Waals surface area contributed by atoms with Crippen molar-refractivity contribution in [1.29, 1.82) is 0 Å². The van der Waals surface area contributed by atoms with Crippen molar-refractivity contribution < 1.29 is 27.5 Å². The summed E-state index contributed by atoms with van der Waals surface area (Å²) in [5.74, 6) is -0.284. The summed E-state index contributed by atoms with van der Waals surface area (Å²) in [6.07, 6.45) is -2.67. The minimum atomic E-state index is -4.40. The van der Waals surface area contributed by atoms with Crippen molar-refractivity contribution >= 4 is 17.8 Å². The molecule has 2 heterocycles. The fourth-order valence-corrected chi connectivity index (χ4v) is 2.50. The molecule has 1 aromatic heterocycles. The number of nitrogens with zero attached hydrogens (tertiary/aromatic N) is 2. The molecule has 0 aromatic carbocycles. The van der Waals surface area contributed by atoms with E-state index in [1.165, 1.54) is 0 Å². The Morgan fingerprint density at radius 2 is 2.04 bits per heavy atom. The van der Waals surface area contributed by atoms with Gasteiger partial charge in [-0.2, -0.15) is 13.2 Å². The molecule has 138 valence electrons. The minimum absolute atomic E-state index is 0.0985. The van der Waals surface area contributed by atoms with Crippen molar-refractivity contribution in [3.63, 3.8) is 0 Å². The van der Waals surface area contributed by atoms with Crippen LogP contribution in [0.3, 0.4) is 0 Å². The maximum Gasteiger partial charge on any atom is 0.416 e. The number of alkyl halides is 3. The van der Waals surface area contributed by atoms with E-state index in [9.17, 15) is 22.8 Å². The molecule has 3 N–H and O–H groups in total. The Kier molecular flexibility index (Phi) is 6.05. The monoisotopic (exact) mass is 360 g/mol. The highest BCUT2D eigenvalue weighted by atomic mass is 19.4. The molecular weight excluding hydrogens is 341 g/mol. The van der Waals surface area contributed by atoms with Crippen molar-refractivity contribution in [2.24, 2.45) is 11.7 Å². The molecule has 0 atom stereocenters. The smallest absolute Gasteiger partial charge is 0.416 e. The molecule has 1 saturated heterocycles. The summed E-state index contributed by atoms with van der Waals surface area (Å²) in [4.78, 5) is 27.7. The molecule has 1 aromatic rings. The molecule has 1 aliphatic rings. The summed E-state index contributed by atoms with van der Waals surface area (Å²) in [5, 5.41) is 2.21. The number of hydrogen-bond donors (Lipinski definition) is 2. The van der Waals surface area contributed by atoms with Crippen molar-refractivity contribution in [2.45, 2.75) is 19.0 Å². The number of alkyl carbamates (subject to hydrolysis) is 1. The van der Waals surface area contributed by atoms with Gasteiger partial charge in [0.25, 0.3) is 0 Å². The van der Waals surface area contributed by atoms with Crippen LogP contribution in [0.1, 0.15) is 18.4 Å². The predicted molar refractivity (Wildman–Crippen MR) is 82.7 cm³/mol. The molecule has 0 saturated carbocycles. The number of rotatable bonds is 5. The van der Waals surface area contributed by atoms with E-state index in [0.717, 1.165) is 18.3 Å². The highest BCUT2D eigenvalue weighted by Gasteiger charge is 2.31. The summed E-state index contributed by atoms with van der Waals surface area (Å²) in [5.41, 5.74) is 4.17. The van der Waals surface area contributed by atoms with Crippen LogP contribution in [-0.2, 0) is 15.7 Å². The second kappa shape index (κ2) is 8.04. The van der Waals surface area contributed by atoms with Gasteiger partial charge >= 0.3 is 12.3 Å². The second-order valence-electron chi connectivity index (χ2n) is 5.75. The van der Waals surface area contributed by atoms with Gasteiger partial charge in [0.1, 0.15) is 5.82 Å². The Bertz CT molecular complexity index is 616. The van der Waals surface area contributed by atoms with Crippen LogP contribution in [0.5, 0.6) is 0 Å². The van der Waals surface area contributed by atoms with Gasteiger partial charge in [0, 0.05) is 19.3 Å². The van der Waals surface area contributed by atoms with E-state index in [1.807, 2.05) is 0 Å². The lowest BCUT2D eigenvalue weighted by Crippen LogP contribution is -2.38. The Labute approximate surface area is 142 Å². The number of amides is 2. The Hall–Kier alpha value is -2.52. The van der Waals surface area contributed by atoms with Gasteiger partial charge in [0.05, 0.1) is 18.7 Å². The molecule has 1 aliphatic heterocycles. The fourth-order valence-electron chi connectivity index (χ4n) is 2.50. The molecule has 0 aliphatic carbocycles. The van der Waals surface area contributed by atoms with Crippen LogP contribution >= 0.6 is 0 Å². The van der Waals surface area contributed by atoms with Crippen molar-refractivity contribution in [2.75, 3.05) is 31.1 Å². The first-order valence-electron chi connectivity index (χ1n) is 7.73. The summed E-state index contributed by atoms with van der Waals surface area (Å²) < 4.78 is 43.3. The van der Waals surface area contributed by atoms with E-state index >= 15 is 0 Å². The van der Waals surface area contributed by atoms with Crippen molar-refractivity contribution in [3.05, 3.63) is 23.9 Å². The van der Waals surface area contributed by atoms with Gasteiger partial charge in [-0.1, -0.05) is 0 Å². The normalized spacial score (nSPS) is 15.7. The molecular formula is C15H19F3N4O3. The van der Waals surface area contributed by atoms with E-state index in [0.29, 0.717) is 25.9 Å². The van der Waals surface area contributed by atoms with Crippen LogP contribution in [-0.4, -0.2) is 43.2 Å². The van der Waals surface area contributed by atoms with Gasteiger partial charge in [0.2, 0.25) is 5.91 Å². The Morgan fingerprint density at radius 3 is 2.64 bits per heavy atom. The van der Waals surface area contributed by atoms with E-state index in [1.54, 1.807) is 4.90 Å². The summed E-state index contributed by atoms with van der Waals surface area (Å²) in [7, 11) is 0. The molecule has 7 nitrogen and oxygen atoms in total. The largest absolute Gasteiger partial charge is 0.449 e. The van der Waals surface area contributed by atoms with Gasteiger partial charge < -0.3 is 20.7 Å². The SMILES string of the molecule is NC(=O)CNC(=O)OCC1CCN(c2cc(C(F)(F)F)ccn2)CC1. The number of carbonyl (C=O) groups is 2. The van der Waals surface area contributed by atoms with Crippen LogP contribution in [0.15, 0.2) is 18.3 Å². The number of piperidine rings is 1. The van der Waals surface area contributed by atoms with E-state index in [-0.39, 0.29) is 24.9 Å². The number of nitrogens with two attached hydrogens (primary N) is 1. The molecule has 0 bridgehead atoms. The topological polar surface area (TPSA) is 97.5 Å². The van der Waals surface area contributed by atoms with Crippen molar-refractivity contribution in [1.82, 2.24) is 10.3 Å². The first-order valence-corrected chi connectivity index (χ1v) is 7.73. The lowest BCUT2D eigenvalue weighted by Gasteiger charge is -2.32. The number of pyridine rings is 1. The summed E-state index contributed by atoms with van der Waals surface area (Å²) in [6, 6.07) is 1.98. The van der Waals surface area contributed by atoms with Crippen LogP contribution in [0.25, 0.3) is 0 Å². The van der Waals surface area contributed by atoms with Gasteiger partial charge in [-0.3, -0.25) is 4.79 Å². The first kappa shape index (κ1) is 18.8. The minimum Gasteiger partial charge on any atom is -0.449 e. The van der Waals surface area contributed by atoms with Crippen molar-refractivity contribution in [3.8, 4) is 0 Å². The zero-order chi connectivity index (χ0) is 18.4. The molecule has 0 spiro atoms. The van der Waals surface area contributed by atoms with Crippen LogP contribution in [0, 0.1) is 5.92 Å². The molecule has 2 amide bonds. The third-order valence-corrected chi connectivity index (χ3v) is 3.87. The predicted octanol–water partition coefficient (Wildman–Crippen LogP) is 1.53. The number of carbonyl (C=O) groups excluding carboxylic acids is 2. The maximum atomic E-state index is 12.8. The molecule has 2 rings (SSSR count). The van der Waals surface area contributed by atoms with Gasteiger partial charge in [0.15, 0.2) is 0 Å². The maximum absolute atomic E-state index is 12.8.